The summed E-state index contributed by atoms with van der Waals surface area (Å²) in [6.45, 7) is 3.73. The lowest BCUT2D eigenvalue weighted by Gasteiger charge is -2.17. The largest absolute Gasteiger partial charge is 0.323 e. The van der Waals surface area contributed by atoms with Crippen LogP contribution < -0.4 is 5.73 Å². The van der Waals surface area contributed by atoms with Crippen LogP contribution in [0.4, 0.5) is 8.78 Å². The van der Waals surface area contributed by atoms with Crippen LogP contribution in [0, 0.1) is 5.92 Å². The van der Waals surface area contributed by atoms with E-state index in [0.717, 1.165) is 12.8 Å². The number of hydrogen-bond donors (Lipinski definition) is 1. The first-order valence-electron chi connectivity index (χ1n) is 3.63. The molecule has 1 nitrogen and oxygen atoms in total. The predicted octanol–water partition coefficient (Wildman–Crippen LogP) is 2.01. The van der Waals surface area contributed by atoms with Crippen LogP contribution in [0.5, 0.6) is 0 Å². The third-order valence-electron chi connectivity index (χ3n) is 1.69. The predicted molar refractivity (Wildman–Crippen MR) is 38.1 cm³/mol. The maximum Gasteiger partial charge on any atom is 0.253 e. The van der Waals surface area contributed by atoms with Crippen LogP contribution in [-0.4, -0.2) is 12.5 Å². The normalized spacial score (nSPS) is 17.4. The van der Waals surface area contributed by atoms with Gasteiger partial charge in [-0.3, -0.25) is 0 Å². The van der Waals surface area contributed by atoms with Crippen LogP contribution in [0.25, 0.3) is 0 Å². The summed E-state index contributed by atoms with van der Waals surface area (Å²) in [7, 11) is 0. The molecule has 0 radical (unpaired) electrons. The fourth-order valence-electron chi connectivity index (χ4n) is 0.896. The smallest absolute Gasteiger partial charge is 0.253 e. The third kappa shape index (κ3) is 3.11. The summed E-state index contributed by atoms with van der Waals surface area (Å²) in [5.74, 6) is -0.0648. The molecule has 0 saturated carbocycles. The second kappa shape index (κ2) is 4.61. The summed E-state index contributed by atoms with van der Waals surface area (Å²) in [6.07, 6.45) is -0.672. The molecule has 62 valence electrons. The first-order chi connectivity index (χ1) is 4.59. The van der Waals surface area contributed by atoms with Crippen molar-refractivity contribution in [3.63, 3.8) is 0 Å². The standard InChI is InChI=1S/C7H15F2N/c1-3-4-5(2)6(10)7(8)9/h5-7H,3-4,10H2,1-2H3. The van der Waals surface area contributed by atoms with E-state index in [-0.39, 0.29) is 5.92 Å². The number of hydrogen-bond acceptors (Lipinski definition) is 1. The summed E-state index contributed by atoms with van der Waals surface area (Å²) in [4.78, 5) is 0. The highest BCUT2D eigenvalue weighted by atomic mass is 19.3. The van der Waals surface area contributed by atoms with Crippen LogP contribution in [0.3, 0.4) is 0 Å². The Morgan fingerprint density at radius 1 is 1.40 bits per heavy atom. The molecule has 3 heteroatoms. The zero-order valence-electron chi connectivity index (χ0n) is 6.48. The third-order valence-corrected chi connectivity index (χ3v) is 1.69. The van der Waals surface area contributed by atoms with Crippen molar-refractivity contribution in [3.8, 4) is 0 Å². The van der Waals surface area contributed by atoms with Crippen LogP contribution in [-0.2, 0) is 0 Å². The molecule has 10 heavy (non-hydrogen) atoms. The summed E-state index contributed by atoms with van der Waals surface area (Å²) in [5.41, 5.74) is 5.20. The van der Waals surface area contributed by atoms with Crippen molar-refractivity contribution < 1.29 is 8.78 Å². The molecule has 0 fully saturated rings. The van der Waals surface area contributed by atoms with Crippen LogP contribution in [0.2, 0.25) is 0 Å². The van der Waals surface area contributed by atoms with Crippen molar-refractivity contribution in [1.29, 1.82) is 0 Å². The van der Waals surface area contributed by atoms with E-state index in [0.29, 0.717) is 0 Å². The Labute approximate surface area is 60.6 Å². The summed E-state index contributed by atoms with van der Waals surface area (Å²) < 4.78 is 23.8. The molecule has 0 aromatic rings. The molecule has 2 N–H and O–H groups in total. The minimum atomic E-state index is -2.37. The van der Waals surface area contributed by atoms with E-state index in [2.05, 4.69) is 0 Å². The number of halogens is 2. The minimum absolute atomic E-state index is 0.0648. The van der Waals surface area contributed by atoms with Crippen LogP contribution >= 0.6 is 0 Å². The Hall–Kier alpha value is -0.180. The molecule has 0 aromatic heterocycles. The first kappa shape index (κ1) is 9.82. The lowest BCUT2D eigenvalue weighted by Crippen LogP contribution is -2.35. The second-order valence-corrected chi connectivity index (χ2v) is 2.68. The van der Waals surface area contributed by atoms with Gasteiger partial charge in [-0.15, -0.1) is 0 Å². The van der Waals surface area contributed by atoms with Gasteiger partial charge in [-0.1, -0.05) is 20.3 Å². The molecule has 0 aliphatic carbocycles. The molecule has 0 saturated heterocycles. The van der Waals surface area contributed by atoms with Gasteiger partial charge in [0.05, 0.1) is 6.04 Å². The SMILES string of the molecule is CCCC(C)C(N)C(F)F. The molecule has 0 bridgehead atoms. The highest BCUT2D eigenvalue weighted by molar-refractivity contribution is 4.70. The van der Waals surface area contributed by atoms with E-state index < -0.39 is 12.5 Å². The first-order valence-corrected chi connectivity index (χ1v) is 3.63. The van der Waals surface area contributed by atoms with Crippen LogP contribution in [0.15, 0.2) is 0 Å². The van der Waals surface area contributed by atoms with Gasteiger partial charge in [0.15, 0.2) is 0 Å². The number of alkyl halides is 2. The fourth-order valence-corrected chi connectivity index (χ4v) is 0.896. The molecule has 0 aliphatic rings. The topological polar surface area (TPSA) is 26.0 Å². The molecular weight excluding hydrogens is 136 g/mol. The van der Waals surface area contributed by atoms with Gasteiger partial charge in [0.1, 0.15) is 0 Å². The summed E-state index contributed by atoms with van der Waals surface area (Å²) in [6, 6.07) is -0.944. The van der Waals surface area contributed by atoms with E-state index in [4.69, 9.17) is 5.73 Å². The molecule has 2 unspecified atom stereocenters. The van der Waals surface area contributed by atoms with Gasteiger partial charge in [0, 0.05) is 0 Å². The number of nitrogens with two attached hydrogens (primary N) is 1. The average Bonchev–Trinajstić information content (AvgIpc) is 1.87. The van der Waals surface area contributed by atoms with E-state index in [9.17, 15) is 8.78 Å². The Morgan fingerprint density at radius 3 is 2.20 bits per heavy atom. The molecule has 0 aromatic carbocycles. The van der Waals surface area contributed by atoms with Gasteiger partial charge in [-0.25, -0.2) is 8.78 Å². The van der Waals surface area contributed by atoms with Crippen LogP contribution in [0.1, 0.15) is 26.7 Å². The van der Waals surface area contributed by atoms with Crippen molar-refractivity contribution in [3.05, 3.63) is 0 Å². The van der Waals surface area contributed by atoms with Crippen molar-refractivity contribution in [1.82, 2.24) is 0 Å². The Balaban J connectivity index is 3.58. The summed E-state index contributed by atoms with van der Waals surface area (Å²) >= 11 is 0. The lowest BCUT2D eigenvalue weighted by atomic mass is 9.98. The van der Waals surface area contributed by atoms with E-state index >= 15 is 0 Å². The van der Waals surface area contributed by atoms with E-state index in [1.54, 1.807) is 6.92 Å². The molecule has 0 heterocycles. The van der Waals surface area contributed by atoms with Crippen molar-refractivity contribution >= 4 is 0 Å². The molecule has 0 amide bonds. The Kier molecular flexibility index (Phi) is 4.52. The van der Waals surface area contributed by atoms with Gasteiger partial charge in [-0.05, 0) is 12.3 Å². The van der Waals surface area contributed by atoms with Gasteiger partial charge in [0.2, 0.25) is 0 Å². The second-order valence-electron chi connectivity index (χ2n) is 2.68. The molecule has 2 atom stereocenters. The number of rotatable bonds is 4. The van der Waals surface area contributed by atoms with Crippen molar-refractivity contribution in [2.24, 2.45) is 11.7 Å². The molecule has 0 aliphatic heterocycles. The van der Waals surface area contributed by atoms with Gasteiger partial charge < -0.3 is 5.73 Å². The monoisotopic (exact) mass is 151 g/mol. The van der Waals surface area contributed by atoms with Gasteiger partial charge >= 0.3 is 0 Å². The fraction of sp³-hybridized carbons (Fsp3) is 1.00. The zero-order chi connectivity index (χ0) is 8.15. The zero-order valence-corrected chi connectivity index (χ0v) is 6.48. The van der Waals surface area contributed by atoms with Crippen molar-refractivity contribution in [2.45, 2.75) is 39.2 Å². The quantitative estimate of drug-likeness (QED) is 0.653. The molecule has 0 rings (SSSR count). The van der Waals surface area contributed by atoms with E-state index in [1.807, 2.05) is 6.92 Å². The molecular formula is C7H15F2N. The average molecular weight is 151 g/mol. The summed E-state index contributed by atoms with van der Waals surface area (Å²) in [5, 5.41) is 0. The minimum Gasteiger partial charge on any atom is -0.323 e. The van der Waals surface area contributed by atoms with Gasteiger partial charge in [0.25, 0.3) is 6.43 Å². The lowest BCUT2D eigenvalue weighted by molar-refractivity contribution is 0.0901. The van der Waals surface area contributed by atoms with E-state index in [1.165, 1.54) is 0 Å². The highest BCUT2D eigenvalue weighted by Gasteiger charge is 2.20. The maximum absolute atomic E-state index is 11.9. The highest BCUT2D eigenvalue weighted by Crippen LogP contribution is 2.14. The molecule has 0 spiro atoms. The Morgan fingerprint density at radius 2 is 1.90 bits per heavy atom. The maximum atomic E-state index is 11.9. The van der Waals surface area contributed by atoms with Gasteiger partial charge in [-0.2, -0.15) is 0 Å². The Bertz CT molecular complexity index is 85.7. The van der Waals surface area contributed by atoms with Crippen molar-refractivity contribution in [2.75, 3.05) is 0 Å².